The largest absolute Gasteiger partial charge is 0.255 e. The van der Waals surface area contributed by atoms with Crippen LogP contribution in [-0.2, 0) is 21.7 Å². The Kier molecular flexibility index (Phi) is 4.05. The highest BCUT2D eigenvalue weighted by Crippen LogP contribution is 2.61. The molecule has 0 N–H and O–H groups in total. The van der Waals surface area contributed by atoms with Crippen LogP contribution in [0.15, 0.2) is 91.1 Å². The van der Waals surface area contributed by atoms with E-state index in [-0.39, 0.29) is 27.9 Å². The minimum atomic E-state index is -4.48. The lowest BCUT2D eigenvalue weighted by Crippen LogP contribution is -2.42. The van der Waals surface area contributed by atoms with Crippen LogP contribution in [0.3, 0.4) is 0 Å². The van der Waals surface area contributed by atoms with Crippen molar-refractivity contribution in [2.24, 2.45) is 5.41 Å². The van der Waals surface area contributed by atoms with Gasteiger partial charge in [-0.1, -0.05) is 143 Å². The summed E-state index contributed by atoms with van der Waals surface area (Å²) >= 11 is 0. The molecule has 3 aromatic carbocycles. The molecule has 3 nitrogen and oxygen atoms in total. The zero-order chi connectivity index (χ0) is 49.2. The van der Waals surface area contributed by atoms with E-state index in [1.54, 1.807) is 6.07 Å². The van der Waals surface area contributed by atoms with Crippen molar-refractivity contribution in [3.05, 3.63) is 113 Å². The number of pyridine rings is 1. The molecule has 5 aromatic rings. The molecule has 47 heavy (non-hydrogen) atoms. The Morgan fingerprint density at radius 2 is 0.979 bits per heavy atom. The lowest BCUT2D eigenvalue weighted by molar-refractivity contribution is 0.125. The summed E-state index contributed by atoms with van der Waals surface area (Å²) in [6.07, 6.45) is 1.40. The number of aromatic nitrogens is 3. The van der Waals surface area contributed by atoms with Gasteiger partial charge in [0.05, 0.1) is 17.1 Å². The van der Waals surface area contributed by atoms with E-state index in [1.807, 2.05) is 54.6 Å². The molecule has 0 aliphatic heterocycles. The highest BCUT2D eigenvalue weighted by molar-refractivity contribution is 5.73. The maximum absolute atomic E-state index is 8.77. The summed E-state index contributed by atoms with van der Waals surface area (Å²) in [6.45, 7) is -12.6. The molecule has 0 radical (unpaired) electrons. The molecule has 0 fully saturated rings. The van der Waals surface area contributed by atoms with Crippen LogP contribution in [0.2, 0.25) is 0 Å². The van der Waals surface area contributed by atoms with Crippen molar-refractivity contribution in [2.75, 3.05) is 0 Å². The van der Waals surface area contributed by atoms with Gasteiger partial charge in [-0.2, -0.15) is 0 Å². The summed E-state index contributed by atoms with van der Waals surface area (Å²) in [4.78, 5) is 14.4. The molecule has 3 heteroatoms. The van der Waals surface area contributed by atoms with Gasteiger partial charge in [-0.25, -0.2) is 9.97 Å². The zero-order valence-corrected chi connectivity index (χ0v) is 27.5. The first-order valence-corrected chi connectivity index (χ1v) is 15.5. The number of hydrogen-bond acceptors (Lipinski definition) is 3. The van der Waals surface area contributed by atoms with Crippen LogP contribution < -0.4 is 0 Å². The molecule has 1 aliphatic rings. The predicted octanol–water partition coefficient (Wildman–Crippen LogP) is 11.7. The van der Waals surface area contributed by atoms with Gasteiger partial charge in [-0.15, -0.1) is 0 Å². The van der Waals surface area contributed by atoms with Crippen LogP contribution in [0, 0.1) is 5.41 Å². The van der Waals surface area contributed by atoms with Gasteiger partial charge in [-0.05, 0) is 73.6 Å². The maximum Gasteiger partial charge on any atom is 0.161 e. The fraction of sp³-hybridized carbons (Fsp3) is 0.386. The summed E-state index contributed by atoms with van der Waals surface area (Å²) < 4.78 is 157. The first kappa shape index (κ1) is 17.3. The monoisotopic (exact) mass is 640 g/mol. The van der Waals surface area contributed by atoms with Gasteiger partial charge in [0.1, 0.15) is 0 Å². The lowest BCUT2D eigenvalue weighted by atomic mass is 9.59. The van der Waals surface area contributed by atoms with Gasteiger partial charge in [0, 0.05) is 53.1 Å². The molecule has 0 saturated carbocycles. The Balaban J connectivity index is 1.61. The second-order valence-corrected chi connectivity index (χ2v) is 14.6. The van der Waals surface area contributed by atoms with E-state index in [9.17, 15) is 0 Å². The Hall–Kier alpha value is -4.11. The summed E-state index contributed by atoms with van der Waals surface area (Å²) in [7, 11) is 0. The number of rotatable bonds is 4. The van der Waals surface area contributed by atoms with Gasteiger partial charge in [-0.3, -0.25) is 4.98 Å². The molecule has 0 spiro atoms. The topological polar surface area (TPSA) is 38.7 Å². The maximum atomic E-state index is 8.77. The Morgan fingerprint density at radius 3 is 1.43 bits per heavy atom. The van der Waals surface area contributed by atoms with Crippen molar-refractivity contribution < 1.29 is 24.7 Å². The summed E-state index contributed by atoms with van der Waals surface area (Å²) in [5, 5.41) is 0. The number of hydrogen-bond donors (Lipinski definition) is 0. The quantitative estimate of drug-likeness (QED) is 0.196. The van der Waals surface area contributed by atoms with Crippen LogP contribution in [0.1, 0.15) is 130 Å². The zero-order valence-electron chi connectivity index (χ0n) is 45.5. The van der Waals surface area contributed by atoms with Crippen LogP contribution >= 0.6 is 0 Å². The van der Waals surface area contributed by atoms with E-state index in [4.69, 9.17) is 34.6 Å². The molecule has 2 aromatic heterocycles. The number of fused-ring (bicyclic) bond motifs is 1. The van der Waals surface area contributed by atoms with Crippen LogP contribution in [-0.4, -0.2) is 15.0 Å². The third kappa shape index (κ3) is 5.62. The van der Waals surface area contributed by atoms with Gasteiger partial charge >= 0.3 is 0 Å². The third-order valence-electron chi connectivity index (χ3n) is 9.09. The van der Waals surface area contributed by atoms with E-state index in [0.29, 0.717) is 17.0 Å². The molecule has 0 saturated heterocycles. The van der Waals surface area contributed by atoms with E-state index in [0.717, 1.165) is 40.5 Å². The SMILES string of the molecule is [2H]C([2H])([2H])C1(C([2H])([2H])[2H])c2ccc(-c3ccc(-c4nc(-c5ccc(C(C)(C)C)cc5)cc(-c5ccc(C(C)(C)C)cc5)n4)cn3)cc2C(C([2H])([2H])[2H])(C([2H])([2H])[2H])C1(C([2H])([2H])[2H])C([2H])([2H])[2H]. The second kappa shape index (κ2) is 11.0. The van der Waals surface area contributed by atoms with Gasteiger partial charge in [0.2, 0.25) is 0 Å². The lowest BCUT2D eigenvalue weighted by Gasteiger charge is -2.44. The fourth-order valence-corrected chi connectivity index (χ4v) is 5.88. The predicted molar refractivity (Wildman–Crippen MR) is 199 cm³/mol. The Morgan fingerprint density at radius 1 is 0.489 bits per heavy atom. The molecular formula is C44H51N3. The van der Waals surface area contributed by atoms with Crippen LogP contribution in [0.25, 0.3) is 45.2 Å². The minimum Gasteiger partial charge on any atom is -0.255 e. The average molecular weight is 640 g/mol. The van der Waals surface area contributed by atoms with Gasteiger partial charge < -0.3 is 0 Å². The summed E-state index contributed by atoms with van der Waals surface area (Å²) in [5.74, 6) is 0.273. The van der Waals surface area contributed by atoms with Crippen LogP contribution in [0.5, 0.6) is 0 Å². The third-order valence-corrected chi connectivity index (χ3v) is 9.09. The Labute approximate surface area is 308 Å². The Bertz CT molecular complexity index is 2450. The molecular weight excluding hydrogens is 571 g/mol. The summed E-state index contributed by atoms with van der Waals surface area (Å²) in [5.41, 5.74) is -9.54. The molecule has 0 atom stereocenters. The van der Waals surface area contributed by atoms with Crippen molar-refractivity contribution in [3.63, 3.8) is 0 Å². The van der Waals surface area contributed by atoms with E-state index in [1.165, 1.54) is 12.3 Å². The fourth-order valence-electron chi connectivity index (χ4n) is 5.88. The van der Waals surface area contributed by atoms with Crippen molar-refractivity contribution >= 4 is 0 Å². The molecule has 0 bridgehead atoms. The highest BCUT2D eigenvalue weighted by Gasteiger charge is 2.56. The normalized spacial score (nSPS) is 23.9. The second-order valence-electron chi connectivity index (χ2n) is 14.6. The molecule has 0 amide bonds. The van der Waals surface area contributed by atoms with Crippen LogP contribution in [0.4, 0.5) is 0 Å². The van der Waals surface area contributed by atoms with Crippen molar-refractivity contribution in [1.82, 2.24) is 15.0 Å². The minimum absolute atomic E-state index is 0.0297. The summed E-state index contributed by atoms with van der Waals surface area (Å²) in [6, 6.07) is 23.8. The van der Waals surface area contributed by atoms with E-state index in [2.05, 4.69) is 46.5 Å². The van der Waals surface area contributed by atoms with Gasteiger partial charge in [0.25, 0.3) is 0 Å². The first-order chi connectivity index (χ1) is 29.3. The molecule has 6 rings (SSSR count). The molecule has 2 heterocycles. The van der Waals surface area contributed by atoms with Crippen molar-refractivity contribution in [3.8, 4) is 45.2 Å². The number of benzene rings is 3. The molecule has 0 unspecified atom stereocenters. The van der Waals surface area contributed by atoms with Crippen molar-refractivity contribution in [2.45, 2.75) is 104 Å². The van der Waals surface area contributed by atoms with E-state index >= 15 is 0 Å². The number of nitrogens with zero attached hydrogens (tertiary/aromatic N) is 3. The van der Waals surface area contributed by atoms with E-state index < -0.39 is 68.5 Å². The standard InChI is InChI=1S/C44H51N3/c1-40(2,3)32-19-13-28(14-20-32)37-26-38(29-15-21-33(22-16-29)41(4,5)6)47-39(46-37)31-18-24-36(45-27-31)30-17-23-34-35(25-30)43(9,10)44(11,12)42(34,7)8/h13-27H,1-12H3/i7D3,8D3,9D3,10D3,11D3,12D3. The first-order valence-electron chi connectivity index (χ1n) is 24.5. The average Bonchev–Trinajstić information content (AvgIpc) is 3.46. The molecule has 1 aliphatic carbocycles. The highest BCUT2D eigenvalue weighted by atomic mass is 14.9. The molecule has 242 valence electrons. The van der Waals surface area contributed by atoms with Crippen molar-refractivity contribution in [1.29, 1.82) is 0 Å². The smallest absolute Gasteiger partial charge is 0.161 e. The van der Waals surface area contributed by atoms with Gasteiger partial charge in [0.15, 0.2) is 5.82 Å².